The van der Waals surface area contributed by atoms with Gasteiger partial charge in [-0.25, -0.2) is 0 Å². The van der Waals surface area contributed by atoms with E-state index in [1.807, 2.05) is 19.3 Å². The predicted octanol–water partition coefficient (Wildman–Crippen LogP) is 17.4. The molecule has 0 aliphatic heterocycles. The van der Waals surface area contributed by atoms with Crippen LogP contribution < -0.4 is 0 Å². The van der Waals surface area contributed by atoms with Crippen LogP contribution in [0.1, 0.15) is 209 Å². The summed E-state index contributed by atoms with van der Waals surface area (Å²) in [5.74, 6) is 4.81. The molecule has 1 aromatic heterocycles. The van der Waals surface area contributed by atoms with Crippen LogP contribution in [0, 0.1) is 85.8 Å². The van der Waals surface area contributed by atoms with E-state index < -0.39 is 21.0 Å². The number of halogens is 5. The number of alkyl halides is 3. The van der Waals surface area contributed by atoms with Gasteiger partial charge in [-0.05, 0) is 214 Å². The molecule has 0 saturated heterocycles. The second-order valence-electron chi connectivity index (χ2n) is 29.4. The Hall–Kier alpha value is -3.07. The van der Waals surface area contributed by atoms with Gasteiger partial charge in [-0.1, -0.05) is 88.6 Å². The Morgan fingerprint density at radius 2 is 0.930 bits per heavy atom. The smallest absolute Gasteiger partial charge is 0.462 e. The summed E-state index contributed by atoms with van der Waals surface area (Å²) in [6, 6.07) is 4.30. The summed E-state index contributed by atoms with van der Waals surface area (Å²) >= 11 is 4.24. The molecule has 0 N–H and O–H groups in total. The fourth-order valence-corrected chi connectivity index (χ4v) is 21.6. The number of hydrogen-bond acceptors (Lipinski definition) is 11. The number of hydrogen-bond donors (Lipinski definition) is 0. The molecule has 12 aliphatic carbocycles. The van der Waals surface area contributed by atoms with Crippen LogP contribution in [0.5, 0.6) is 0 Å². The number of esters is 3. The summed E-state index contributed by atoms with van der Waals surface area (Å²) in [6.45, 7) is 18.3. The molecule has 7 saturated carbocycles. The summed E-state index contributed by atoms with van der Waals surface area (Å²) in [5, 5.41) is 0. The molecule has 0 radical (unpaired) electrons. The van der Waals surface area contributed by atoms with Crippen molar-refractivity contribution in [3.63, 3.8) is 0 Å². The number of Topliss-reactive ketones (excluding diaryl/α,β-unsaturated/α-hetero) is 1. The summed E-state index contributed by atoms with van der Waals surface area (Å²) in [7, 11) is -5.67. The first-order chi connectivity index (χ1) is 40.5. The molecule has 11 nitrogen and oxygen atoms in total. The van der Waals surface area contributed by atoms with Gasteiger partial charge in [0.25, 0.3) is 0 Å². The van der Waals surface area contributed by atoms with Crippen molar-refractivity contribution in [3.05, 3.63) is 82.9 Å². The summed E-state index contributed by atoms with van der Waals surface area (Å²) in [6.07, 6.45) is 36.8. The number of fused-ring (bicyclic) bond motifs is 15. The molecule has 1 aromatic rings. The lowest BCUT2D eigenvalue weighted by Gasteiger charge is -2.57. The van der Waals surface area contributed by atoms with Crippen molar-refractivity contribution in [2.75, 3.05) is 0 Å². The van der Waals surface area contributed by atoms with Crippen molar-refractivity contribution in [1.29, 1.82) is 0 Å². The number of nitrogens with zero attached hydrogens (tertiary/aromatic N) is 1. The highest BCUT2D eigenvalue weighted by Gasteiger charge is 2.62. The SMILES string of the molecule is CC(=O)O[C@H]1CC[C@@]2(C)C(=CCC3C2CC[C@]2(C)C(=O)CCC32)C1.CC(=O)O[C@H]1CC[C@@]2(C)C(=CCC3C2CC[C@]2(C)C(OS(=O)(=O)C(F)(F)F)=CCC32)C1.CC(=O)O[C@H]1CC[C@@]2(C)C(=CCC3C2CC[C@]2(C)C(c4cccnc4)=CCC32)C1.II. The molecule has 0 spiro atoms. The van der Waals surface area contributed by atoms with Gasteiger partial charge in [0.15, 0.2) is 0 Å². The van der Waals surface area contributed by atoms with Crippen molar-refractivity contribution < 1.29 is 59.2 Å². The van der Waals surface area contributed by atoms with Gasteiger partial charge in [0.1, 0.15) is 29.9 Å². The number of rotatable bonds is 6. The predicted molar refractivity (Wildman–Crippen MR) is 342 cm³/mol. The first-order valence-electron chi connectivity index (χ1n) is 32.1. The van der Waals surface area contributed by atoms with E-state index in [1.54, 1.807) is 11.6 Å². The van der Waals surface area contributed by atoms with Crippen molar-refractivity contribution in [2.24, 2.45) is 85.8 Å². The van der Waals surface area contributed by atoms with Crippen molar-refractivity contribution in [1.82, 2.24) is 4.98 Å². The number of allylic oxidation sites excluding steroid dienone is 7. The lowest BCUT2D eigenvalue weighted by atomic mass is 9.47. The van der Waals surface area contributed by atoms with Gasteiger partial charge in [-0.3, -0.25) is 24.2 Å². The van der Waals surface area contributed by atoms with Gasteiger partial charge in [-0.15, -0.1) is 0 Å². The fraction of sp³-hybridized carbons (Fsp3) is 0.725. The number of carbonyl (C=O) groups is 4. The molecular weight excluding hydrogens is 1350 g/mol. The van der Waals surface area contributed by atoms with Crippen LogP contribution in [0.3, 0.4) is 0 Å². The number of carbonyl (C=O) groups excluding carboxylic acids is 4. The third kappa shape index (κ3) is 11.8. The van der Waals surface area contributed by atoms with Crippen LogP contribution >= 0.6 is 37.2 Å². The summed E-state index contributed by atoms with van der Waals surface area (Å²) < 4.78 is 83.0. The van der Waals surface area contributed by atoms with Gasteiger partial charge in [-0.2, -0.15) is 21.6 Å². The first kappa shape index (κ1) is 65.9. The average molecular weight is 1440 g/mol. The van der Waals surface area contributed by atoms with Gasteiger partial charge < -0.3 is 18.4 Å². The Kier molecular flexibility index (Phi) is 19.0. The molecule has 0 amide bonds. The van der Waals surface area contributed by atoms with Crippen molar-refractivity contribution in [2.45, 2.75) is 227 Å². The monoisotopic (exact) mass is 1440 g/mol. The molecule has 1 heterocycles. The summed E-state index contributed by atoms with van der Waals surface area (Å²) in [5.41, 5.74) is 1.87. The largest absolute Gasteiger partial charge is 0.534 e. The Morgan fingerprint density at radius 1 is 0.535 bits per heavy atom. The molecule has 13 rings (SSSR count). The molecule has 7 fully saturated rings. The Balaban J connectivity index is 0.000000142. The minimum Gasteiger partial charge on any atom is -0.462 e. The molecule has 17 heteroatoms. The Labute approximate surface area is 532 Å². The molecule has 474 valence electrons. The van der Waals surface area contributed by atoms with Crippen LogP contribution in [0.15, 0.2) is 77.4 Å². The molecular formula is C69H92F3I2NO10S. The van der Waals surface area contributed by atoms with E-state index >= 15 is 0 Å². The lowest BCUT2D eigenvalue weighted by molar-refractivity contribution is -0.149. The maximum absolute atomic E-state index is 12.9. The maximum atomic E-state index is 12.9. The van der Waals surface area contributed by atoms with Gasteiger partial charge in [0.05, 0.1) is 0 Å². The number of aromatic nitrogens is 1. The molecule has 12 aliphatic rings. The molecule has 0 bridgehead atoms. The van der Waals surface area contributed by atoms with Crippen LogP contribution in [0.2, 0.25) is 0 Å². The van der Waals surface area contributed by atoms with Crippen LogP contribution in [0.25, 0.3) is 5.57 Å². The maximum Gasteiger partial charge on any atom is 0.534 e. The Morgan fingerprint density at radius 3 is 1.36 bits per heavy atom. The third-order valence-corrected chi connectivity index (χ3v) is 26.4. The zero-order valence-electron chi connectivity index (χ0n) is 52.0. The van der Waals surface area contributed by atoms with E-state index in [2.05, 4.69) is 117 Å². The highest BCUT2D eigenvalue weighted by Crippen LogP contribution is 2.69. The second-order valence-corrected chi connectivity index (χ2v) is 31.0. The lowest BCUT2D eigenvalue weighted by Crippen LogP contribution is -2.50. The van der Waals surface area contributed by atoms with Crippen molar-refractivity contribution in [3.8, 4) is 0 Å². The van der Waals surface area contributed by atoms with E-state index in [-0.39, 0.29) is 80.9 Å². The van der Waals surface area contributed by atoms with E-state index in [0.717, 1.165) is 114 Å². The van der Waals surface area contributed by atoms with E-state index in [0.29, 0.717) is 42.3 Å². The van der Waals surface area contributed by atoms with Crippen LogP contribution in [-0.2, 0) is 47.7 Å². The highest BCUT2D eigenvalue weighted by atomic mass is 128. The van der Waals surface area contributed by atoms with E-state index in [1.165, 1.54) is 75.2 Å². The number of ketones is 1. The second kappa shape index (κ2) is 24.9. The zero-order chi connectivity index (χ0) is 62.2. The van der Waals surface area contributed by atoms with Gasteiger partial charge in [0.2, 0.25) is 0 Å². The highest BCUT2D eigenvalue weighted by molar-refractivity contribution is 15.0. The molecule has 9 unspecified atom stereocenters. The molecule has 18 atom stereocenters. The van der Waals surface area contributed by atoms with Crippen molar-refractivity contribution >= 4 is 76.6 Å². The quantitative estimate of drug-likeness (QED) is 0.0668. The van der Waals surface area contributed by atoms with Gasteiger partial charge in [0, 0.05) is 107 Å². The third-order valence-electron chi connectivity index (χ3n) is 25.4. The summed E-state index contributed by atoms with van der Waals surface area (Å²) in [4.78, 5) is 50.9. The minimum absolute atomic E-state index is 0.0252. The van der Waals surface area contributed by atoms with Crippen LogP contribution in [-0.4, -0.2) is 60.9 Å². The van der Waals surface area contributed by atoms with E-state index in [9.17, 15) is 40.8 Å². The Bertz CT molecular complexity index is 3070. The van der Waals surface area contributed by atoms with Gasteiger partial charge >= 0.3 is 33.5 Å². The standard InChI is InChI=1S/C26H33NO2.C22H29F3O5S.C21H30O3.I2/c1-17(28)29-20-10-12-25(2)19(15-20)6-7-21-23-9-8-22(18-5-4-14-27-16-18)26(23,3)13-11-24(21)25;1-13(26)29-15-8-10-20(2)14(12-15)4-5-16-17-6-7-19(21(17,3)11-9-18(16)20)30-31(27,28)22(23,24)25;1-13(22)24-15-8-10-20(2)14(12-15)4-5-16-17-6-7-19(23)21(17,3)11-9-18(16)20;1-2/h4-6,8,14,16,20-21,23-24H,7,9-13,15H2,1-3H3;4,7,15-18H,5-6,8-12H2,1-3H3;4,15-18H,5-12H2,1-3H3;/t20-,21?,23?,24?,25-,26+;2*15-,16?,17?,18?,20-,21-;/m000./s1. The number of ether oxygens (including phenoxy) is 3. The minimum atomic E-state index is -5.67. The fourth-order valence-electron chi connectivity index (χ4n) is 21.0. The normalized spacial score (nSPS) is 41.5. The number of pyridine rings is 1. The van der Waals surface area contributed by atoms with E-state index in [4.69, 9.17) is 14.2 Å². The van der Waals surface area contributed by atoms with Crippen LogP contribution in [0.4, 0.5) is 13.2 Å². The molecule has 0 aromatic carbocycles. The average Bonchev–Trinajstić information content (AvgIpc) is 1.64. The molecule has 86 heavy (non-hydrogen) atoms. The zero-order valence-corrected chi connectivity index (χ0v) is 57.1. The topological polar surface area (TPSA) is 152 Å². The first-order valence-corrected chi connectivity index (χ1v) is 39.8.